The highest BCUT2D eigenvalue weighted by Crippen LogP contribution is 2.11. The first-order chi connectivity index (χ1) is 12.4. The lowest BCUT2D eigenvalue weighted by molar-refractivity contribution is 0.0953. The maximum Gasteiger partial charge on any atom is 0.251 e. The molecule has 7 nitrogen and oxygen atoms in total. The molecule has 0 aliphatic rings. The molecule has 0 bridgehead atoms. The van der Waals surface area contributed by atoms with E-state index in [9.17, 15) is 18.3 Å². The number of aliphatic hydroxyl groups excluding tert-OH is 1. The number of aromatic nitrogens is 1. The van der Waals surface area contributed by atoms with Crippen molar-refractivity contribution in [3.05, 3.63) is 59.9 Å². The molecule has 8 heteroatoms. The Morgan fingerprint density at radius 3 is 2.73 bits per heavy atom. The second kappa shape index (κ2) is 9.42. The highest BCUT2D eigenvalue weighted by Gasteiger charge is 2.16. The molecule has 0 aliphatic heterocycles. The predicted octanol–water partition coefficient (Wildman–Crippen LogP) is 1.10. The van der Waals surface area contributed by atoms with Crippen molar-refractivity contribution >= 4 is 15.9 Å². The van der Waals surface area contributed by atoms with Crippen LogP contribution in [0.3, 0.4) is 0 Å². The monoisotopic (exact) mass is 377 g/mol. The van der Waals surface area contributed by atoms with Gasteiger partial charge in [0.25, 0.3) is 5.91 Å². The molecule has 0 radical (unpaired) electrons. The Balaban J connectivity index is 1.91. The Bertz CT molecular complexity index is 823. The van der Waals surface area contributed by atoms with Gasteiger partial charge in [0.15, 0.2) is 0 Å². The van der Waals surface area contributed by atoms with E-state index in [0.717, 1.165) is 18.5 Å². The minimum atomic E-state index is -3.77. The van der Waals surface area contributed by atoms with Crippen molar-refractivity contribution in [2.24, 2.45) is 0 Å². The number of hydrogen-bond donors (Lipinski definition) is 3. The molecular weight excluding hydrogens is 354 g/mol. The molecule has 1 heterocycles. The van der Waals surface area contributed by atoms with Crippen LogP contribution in [-0.2, 0) is 16.4 Å². The molecule has 0 fully saturated rings. The van der Waals surface area contributed by atoms with Crippen LogP contribution in [-0.4, -0.2) is 43.6 Å². The molecule has 1 amide bonds. The molecule has 0 saturated heterocycles. The van der Waals surface area contributed by atoms with Crippen molar-refractivity contribution in [1.29, 1.82) is 0 Å². The lowest BCUT2D eigenvalue weighted by atomic mass is 10.2. The number of amides is 1. The van der Waals surface area contributed by atoms with Gasteiger partial charge >= 0.3 is 0 Å². The zero-order valence-electron chi connectivity index (χ0n) is 14.6. The Labute approximate surface area is 153 Å². The minimum Gasteiger partial charge on any atom is -0.392 e. The van der Waals surface area contributed by atoms with Gasteiger partial charge in [-0.3, -0.25) is 9.78 Å². The molecule has 3 N–H and O–H groups in total. The minimum absolute atomic E-state index is 0.0146. The fourth-order valence-corrected chi connectivity index (χ4v) is 3.40. The predicted molar refractivity (Wildman–Crippen MR) is 98.2 cm³/mol. The number of nitrogens with zero attached hydrogens (tertiary/aromatic N) is 1. The fourth-order valence-electron chi connectivity index (χ4n) is 2.24. The standard InChI is InChI=1S/C18H23N3O4S/c1-14(22)13-21-26(24,25)17-9-4-6-15(12-17)18(23)20-11-5-8-16-7-2-3-10-19-16/h2-4,6-7,9-10,12,14,21-22H,5,8,11,13H2,1H3,(H,20,23)/t14-/m1/s1. The molecule has 0 unspecified atom stereocenters. The molecule has 1 aromatic carbocycles. The van der Waals surface area contributed by atoms with Crippen LogP contribution >= 0.6 is 0 Å². The van der Waals surface area contributed by atoms with Crippen molar-refractivity contribution in [2.45, 2.75) is 30.8 Å². The number of carbonyl (C=O) groups excluding carboxylic acids is 1. The van der Waals surface area contributed by atoms with Crippen molar-refractivity contribution in [2.75, 3.05) is 13.1 Å². The summed E-state index contributed by atoms with van der Waals surface area (Å²) in [6.07, 6.45) is 2.41. The van der Waals surface area contributed by atoms with E-state index in [1.165, 1.54) is 25.1 Å². The van der Waals surface area contributed by atoms with E-state index in [-0.39, 0.29) is 22.9 Å². The Hall–Kier alpha value is -2.29. The summed E-state index contributed by atoms with van der Waals surface area (Å²) in [6.45, 7) is 1.86. The van der Waals surface area contributed by atoms with Crippen molar-refractivity contribution in [3.63, 3.8) is 0 Å². The van der Waals surface area contributed by atoms with Gasteiger partial charge in [0.2, 0.25) is 10.0 Å². The Kier molecular flexibility index (Phi) is 7.26. The first kappa shape index (κ1) is 20.0. The molecule has 1 atom stereocenters. The number of hydrogen-bond acceptors (Lipinski definition) is 5. The topological polar surface area (TPSA) is 108 Å². The van der Waals surface area contributed by atoms with Crippen LogP contribution in [0.15, 0.2) is 53.6 Å². The number of nitrogens with one attached hydrogen (secondary N) is 2. The van der Waals surface area contributed by atoms with Gasteiger partial charge in [0, 0.05) is 30.5 Å². The zero-order chi connectivity index (χ0) is 19.0. The van der Waals surface area contributed by atoms with Crippen LogP contribution in [0, 0.1) is 0 Å². The molecule has 2 rings (SSSR count). The summed E-state index contributed by atoms with van der Waals surface area (Å²) in [5.41, 5.74) is 1.22. The molecular formula is C18H23N3O4S. The summed E-state index contributed by atoms with van der Waals surface area (Å²) in [7, 11) is -3.77. The zero-order valence-corrected chi connectivity index (χ0v) is 15.4. The second-order valence-electron chi connectivity index (χ2n) is 5.91. The van der Waals surface area contributed by atoms with Gasteiger partial charge in [-0.25, -0.2) is 13.1 Å². The second-order valence-corrected chi connectivity index (χ2v) is 7.68. The van der Waals surface area contributed by atoms with Gasteiger partial charge in [-0.15, -0.1) is 0 Å². The van der Waals surface area contributed by atoms with Crippen LogP contribution in [0.25, 0.3) is 0 Å². The number of rotatable bonds is 9. The van der Waals surface area contributed by atoms with Crippen molar-refractivity contribution < 1.29 is 18.3 Å². The Morgan fingerprint density at radius 2 is 2.04 bits per heavy atom. The quantitative estimate of drug-likeness (QED) is 0.567. The van der Waals surface area contributed by atoms with E-state index < -0.39 is 16.1 Å². The lowest BCUT2D eigenvalue weighted by Gasteiger charge is -2.10. The molecule has 2 aromatic rings. The van der Waals surface area contributed by atoms with E-state index in [1.54, 1.807) is 12.3 Å². The number of aryl methyl sites for hydroxylation is 1. The van der Waals surface area contributed by atoms with Crippen molar-refractivity contribution in [1.82, 2.24) is 15.0 Å². The highest BCUT2D eigenvalue weighted by molar-refractivity contribution is 7.89. The number of benzene rings is 1. The Morgan fingerprint density at radius 1 is 1.23 bits per heavy atom. The normalized spacial score (nSPS) is 12.5. The third-order valence-corrected chi connectivity index (χ3v) is 5.02. The number of pyridine rings is 1. The molecule has 0 aliphatic carbocycles. The molecule has 140 valence electrons. The SMILES string of the molecule is C[C@@H](O)CNS(=O)(=O)c1cccc(C(=O)NCCCc2ccccn2)c1. The molecule has 0 saturated carbocycles. The summed E-state index contributed by atoms with van der Waals surface area (Å²) in [6, 6.07) is 11.5. The van der Waals surface area contributed by atoms with E-state index in [2.05, 4.69) is 15.0 Å². The lowest BCUT2D eigenvalue weighted by Crippen LogP contribution is -2.31. The summed E-state index contributed by atoms with van der Waals surface area (Å²) in [5, 5.41) is 12.0. The largest absolute Gasteiger partial charge is 0.392 e. The molecule has 26 heavy (non-hydrogen) atoms. The number of carbonyl (C=O) groups is 1. The third-order valence-electron chi connectivity index (χ3n) is 3.60. The van der Waals surface area contributed by atoms with Crippen LogP contribution in [0.4, 0.5) is 0 Å². The maximum atomic E-state index is 12.2. The fraction of sp³-hybridized carbons (Fsp3) is 0.333. The average molecular weight is 377 g/mol. The summed E-state index contributed by atoms with van der Waals surface area (Å²) < 4.78 is 26.6. The van der Waals surface area contributed by atoms with E-state index >= 15 is 0 Å². The maximum absolute atomic E-state index is 12.2. The molecule has 0 spiro atoms. The van der Waals surface area contributed by atoms with E-state index in [0.29, 0.717) is 6.54 Å². The third kappa shape index (κ3) is 6.21. The van der Waals surface area contributed by atoms with Gasteiger partial charge < -0.3 is 10.4 Å². The van der Waals surface area contributed by atoms with E-state index in [1.807, 2.05) is 18.2 Å². The first-order valence-electron chi connectivity index (χ1n) is 8.34. The van der Waals surface area contributed by atoms with Gasteiger partial charge in [-0.05, 0) is 50.1 Å². The van der Waals surface area contributed by atoms with Gasteiger partial charge in [-0.1, -0.05) is 12.1 Å². The summed E-state index contributed by atoms with van der Waals surface area (Å²) >= 11 is 0. The van der Waals surface area contributed by atoms with Crippen LogP contribution in [0.2, 0.25) is 0 Å². The summed E-state index contributed by atoms with van der Waals surface area (Å²) in [4.78, 5) is 16.4. The van der Waals surface area contributed by atoms with Gasteiger partial charge in [0.1, 0.15) is 0 Å². The van der Waals surface area contributed by atoms with Gasteiger partial charge in [-0.2, -0.15) is 0 Å². The first-order valence-corrected chi connectivity index (χ1v) is 9.83. The number of sulfonamides is 1. The molecule has 1 aromatic heterocycles. The number of aliphatic hydroxyl groups is 1. The van der Waals surface area contributed by atoms with Crippen LogP contribution < -0.4 is 10.0 Å². The smallest absolute Gasteiger partial charge is 0.251 e. The highest BCUT2D eigenvalue weighted by atomic mass is 32.2. The average Bonchev–Trinajstić information content (AvgIpc) is 2.64. The van der Waals surface area contributed by atoms with Crippen molar-refractivity contribution in [3.8, 4) is 0 Å². The van der Waals surface area contributed by atoms with Crippen LogP contribution in [0.5, 0.6) is 0 Å². The van der Waals surface area contributed by atoms with Crippen LogP contribution in [0.1, 0.15) is 29.4 Å². The van der Waals surface area contributed by atoms with Gasteiger partial charge in [0.05, 0.1) is 11.0 Å². The summed E-state index contributed by atoms with van der Waals surface area (Å²) in [5.74, 6) is -0.335. The van der Waals surface area contributed by atoms with E-state index in [4.69, 9.17) is 0 Å².